The number of benzene rings is 1. The van der Waals surface area contributed by atoms with Gasteiger partial charge in [0.05, 0.1) is 0 Å². The summed E-state index contributed by atoms with van der Waals surface area (Å²) in [5, 5.41) is 12.4. The number of pyridine rings is 1. The van der Waals surface area contributed by atoms with Crippen LogP contribution in [0.2, 0.25) is 0 Å². The second kappa shape index (κ2) is 7.12. The van der Waals surface area contributed by atoms with Crippen LogP contribution in [0, 0.1) is 0 Å². The number of carbonyl (C=O) groups excluding carboxylic acids is 2. The highest BCUT2D eigenvalue weighted by atomic mass is 16.3. The minimum absolute atomic E-state index is 0.0210. The molecule has 1 aromatic heterocycles. The van der Waals surface area contributed by atoms with E-state index in [0.29, 0.717) is 37.2 Å². The van der Waals surface area contributed by atoms with E-state index in [0.717, 1.165) is 0 Å². The van der Waals surface area contributed by atoms with Crippen LogP contribution in [0.4, 0.5) is 0 Å². The molecule has 2 heterocycles. The molecule has 3 rings (SSSR count). The summed E-state index contributed by atoms with van der Waals surface area (Å²) in [6.45, 7) is 1.17. The first-order valence-electron chi connectivity index (χ1n) is 7.93. The summed E-state index contributed by atoms with van der Waals surface area (Å²) in [4.78, 5) is 30.4. The molecule has 1 aromatic carbocycles. The van der Waals surface area contributed by atoms with Crippen molar-refractivity contribution < 1.29 is 14.7 Å². The highest BCUT2D eigenvalue weighted by molar-refractivity contribution is 5.95. The van der Waals surface area contributed by atoms with Crippen molar-refractivity contribution in [2.24, 2.45) is 0 Å². The van der Waals surface area contributed by atoms with Crippen molar-refractivity contribution in [3.8, 4) is 5.75 Å². The van der Waals surface area contributed by atoms with Crippen LogP contribution in [0.15, 0.2) is 48.7 Å². The van der Waals surface area contributed by atoms with Gasteiger partial charge < -0.3 is 15.3 Å². The van der Waals surface area contributed by atoms with Gasteiger partial charge in [-0.2, -0.15) is 0 Å². The lowest BCUT2D eigenvalue weighted by Gasteiger charge is -2.32. The molecule has 0 bridgehead atoms. The number of phenolic OH excluding ortho intramolecular Hbond substituents is 1. The predicted molar refractivity (Wildman–Crippen MR) is 88.7 cm³/mol. The zero-order valence-corrected chi connectivity index (χ0v) is 13.2. The molecule has 0 unspecified atom stereocenters. The number of nitrogens with one attached hydrogen (secondary N) is 1. The van der Waals surface area contributed by atoms with Gasteiger partial charge in [-0.05, 0) is 43.2 Å². The van der Waals surface area contributed by atoms with E-state index < -0.39 is 0 Å². The van der Waals surface area contributed by atoms with Gasteiger partial charge in [-0.25, -0.2) is 0 Å². The molecule has 0 atom stereocenters. The fourth-order valence-electron chi connectivity index (χ4n) is 2.79. The molecule has 2 aromatic rings. The van der Waals surface area contributed by atoms with Crippen LogP contribution in [0.25, 0.3) is 0 Å². The number of hydrogen-bond acceptors (Lipinski definition) is 4. The van der Waals surface area contributed by atoms with E-state index in [9.17, 15) is 14.7 Å². The Balaban J connectivity index is 1.54. The van der Waals surface area contributed by atoms with Crippen molar-refractivity contribution in [1.29, 1.82) is 0 Å². The molecule has 6 nitrogen and oxygen atoms in total. The molecule has 0 radical (unpaired) electrons. The lowest BCUT2D eigenvalue weighted by Crippen LogP contribution is -2.46. The fraction of sp³-hybridized carbons (Fsp3) is 0.278. The average molecular weight is 325 g/mol. The molecular formula is C18H19N3O3. The molecule has 1 fully saturated rings. The maximum absolute atomic E-state index is 12.3. The topological polar surface area (TPSA) is 82.5 Å². The lowest BCUT2D eigenvalue weighted by molar-refractivity contribution is 0.0692. The van der Waals surface area contributed by atoms with Gasteiger partial charge in [0, 0.05) is 30.9 Å². The van der Waals surface area contributed by atoms with Crippen LogP contribution >= 0.6 is 0 Å². The van der Waals surface area contributed by atoms with Gasteiger partial charge >= 0.3 is 0 Å². The Morgan fingerprint density at radius 2 is 1.92 bits per heavy atom. The molecule has 0 saturated carbocycles. The number of carbonyl (C=O) groups is 2. The second-order valence-electron chi connectivity index (χ2n) is 5.81. The third-order valence-corrected chi connectivity index (χ3v) is 4.11. The zero-order chi connectivity index (χ0) is 16.9. The average Bonchev–Trinajstić information content (AvgIpc) is 2.62. The van der Waals surface area contributed by atoms with Crippen molar-refractivity contribution in [2.75, 3.05) is 13.1 Å². The van der Waals surface area contributed by atoms with E-state index in [1.807, 2.05) is 0 Å². The first kappa shape index (κ1) is 16.0. The Kier molecular flexibility index (Phi) is 4.74. The number of aromatic hydroxyl groups is 1. The van der Waals surface area contributed by atoms with E-state index in [-0.39, 0.29) is 23.6 Å². The molecule has 0 aliphatic carbocycles. The smallest absolute Gasteiger partial charge is 0.272 e. The fourth-order valence-corrected chi connectivity index (χ4v) is 2.79. The van der Waals surface area contributed by atoms with Crippen molar-refractivity contribution in [2.45, 2.75) is 18.9 Å². The molecular weight excluding hydrogens is 306 g/mol. The highest BCUT2D eigenvalue weighted by Gasteiger charge is 2.25. The predicted octanol–water partition coefficient (Wildman–Crippen LogP) is 1.82. The maximum atomic E-state index is 12.3. The van der Waals surface area contributed by atoms with E-state index in [1.54, 1.807) is 41.4 Å². The number of aromatic nitrogens is 1. The van der Waals surface area contributed by atoms with Crippen LogP contribution in [0.1, 0.15) is 33.7 Å². The molecule has 124 valence electrons. The van der Waals surface area contributed by atoms with E-state index >= 15 is 0 Å². The third kappa shape index (κ3) is 3.71. The van der Waals surface area contributed by atoms with Gasteiger partial charge in [0.2, 0.25) is 0 Å². The van der Waals surface area contributed by atoms with Crippen molar-refractivity contribution >= 4 is 11.8 Å². The number of nitrogens with zero attached hydrogens (tertiary/aromatic N) is 2. The van der Waals surface area contributed by atoms with Gasteiger partial charge in [0.25, 0.3) is 11.8 Å². The van der Waals surface area contributed by atoms with Crippen molar-refractivity contribution in [1.82, 2.24) is 15.2 Å². The van der Waals surface area contributed by atoms with Crippen molar-refractivity contribution in [3.63, 3.8) is 0 Å². The SMILES string of the molecule is O=C(NC1CCN(C(=O)c2ccccn2)CC1)c1cccc(O)c1. The Bertz CT molecular complexity index is 725. The summed E-state index contributed by atoms with van der Waals surface area (Å²) in [5.74, 6) is -0.216. The Morgan fingerprint density at radius 1 is 1.12 bits per heavy atom. The molecule has 1 aliphatic heterocycles. The van der Waals surface area contributed by atoms with E-state index in [2.05, 4.69) is 10.3 Å². The number of likely N-dealkylation sites (tertiary alicyclic amines) is 1. The molecule has 2 N–H and O–H groups in total. The molecule has 24 heavy (non-hydrogen) atoms. The van der Waals surface area contributed by atoms with Crippen LogP contribution in [-0.4, -0.2) is 45.9 Å². The number of rotatable bonds is 3. The van der Waals surface area contributed by atoms with Gasteiger partial charge in [-0.15, -0.1) is 0 Å². The van der Waals surface area contributed by atoms with Crippen LogP contribution in [0.5, 0.6) is 5.75 Å². The van der Waals surface area contributed by atoms with E-state index in [1.165, 1.54) is 12.1 Å². The Labute approximate surface area is 140 Å². The van der Waals surface area contributed by atoms with E-state index in [4.69, 9.17) is 0 Å². The number of hydrogen-bond donors (Lipinski definition) is 2. The van der Waals surface area contributed by atoms with Gasteiger partial charge in [-0.3, -0.25) is 14.6 Å². The van der Waals surface area contributed by atoms with Crippen molar-refractivity contribution in [3.05, 3.63) is 59.9 Å². The summed E-state index contributed by atoms with van der Waals surface area (Å²) in [6, 6.07) is 11.6. The zero-order valence-electron chi connectivity index (χ0n) is 13.2. The summed E-state index contributed by atoms with van der Waals surface area (Å²) in [7, 11) is 0. The van der Waals surface area contributed by atoms with Gasteiger partial charge in [-0.1, -0.05) is 12.1 Å². The number of piperidine rings is 1. The second-order valence-corrected chi connectivity index (χ2v) is 5.81. The minimum Gasteiger partial charge on any atom is -0.508 e. The lowest BCUT2D eigenvalue weighted by atomic mass is 10.0. The number of phenols is 1. The molecule has 1 aliphatic rings. The summed E-state index contributed by atoms with van der Waals surface area (Å²) < 4.78 is 0. The Morgan fingerprint density at radius 3 is 2.58 bits per heavy atom. The largest absolute Gasteiger partial charge is 0.508 e. The van der Waals surface area contributed by atoms with Gasteiger partial charge in [0.1, 0.15) is 11.4 Å². The highest BCUT2D eigenvalue weighted by Crippen LogP contribution is 2.15. The summed E-state index contributed by atoms with van der Waals surface area (Å²) in [6.07, 6.45) is 3.00. The first-order chi connectivity index (χ1) is 11.6. The minimum atomic E-state index is -0.208. The molecule has 1 saturated heterocycles. The van der Waals surface area contributed by atoms with Gasteiger partial charge in [0.15, 0.2) is 0 Å². The monoisotopic (exact) mass is 325 g/mol. The first-order valence-corrected chi connectivity index (χ1v) is 7.93. The summed E-state index contributed by atoms with van der Waals surface area (Å²) in [5.41, 5.74) is 0.877. The summed E-state index contributed by atoms with van der Waals surface area (Å²) >= 11 is 0. The van der Waals surface area contributed by atoms with Crippen LogP contribution < -0.4 is 5.32 Å². The third-order valence-electron chi connectivity index (χ3n) is 4.11. The molecule has 2 amide bonds. The van der Waals surface area contributed by atoms with Crippen LogP contribution in [-0.2, 0) is 0 Å². The normalized spacial score (nSPS) is 15.1. The maximum Gasteiger partial charge on any atom is 0.272 e. The quantitative estimate of drug-likeness (QED) is 0.902. The Hall–Kier alpha value is -2.89. The van der Waals surface area contributed by atoms with Crippen LogP contribution in [0.3, 0.4) is 0 Å². The standard InChI is InChI=1S/C18H19N3O3/c22-15-5-3-4-13(12-15)17(23)20-14-7-10-21(11-8-14)18(24)16-6-1-2-9-19-16/h1-6,9,12,14,22H,7-8,10-11H2,(H,20,23). The molecule has 6 heteroatoms. The molecule has 0 spiro atoms. The number of amides is 2.